The molecule has 0 radical (unpaired) electrons. The third-order valence-corrected chi connectivity index (χ3v) is 4.17. The van der Waals surface area contributed by atoms with Crippen molar-refractivity contribution in [1.29, 1.82) is 0 Å². The largest absolute Gasteiger partial charge is 0.103 e. The molecule has 22 heavy (non-hydrogen) atoms. The molecule has 0 N–H and O–H groups in total. The highest BCUT2D eigenvalue weighted by molar-refractivity contribution is 5.85. The summed E-state index contributed by atoms with van der Waals surface area (Å²) in [6, 6.07) is 24.3. The first-order chi connectivity index (χ1) is 10.9. The van der Waals surface area contributed by atoms with Crippen molar-refractivity contribution in [2.24, 2.45) is 0 Å². The van der Waals surface area contributed by atoms with Crippen molar-refractivity contribution in [2.75, 3.05) is 0 Å². The molecule has 0 aliphatic heterocycles. The van der Waals surface area contributed by atoms with Gasteiger partial charge in [0.05, 0.1) is 0 Å². The van der Waals surface area contributed by atoms with Crippen molar-refractivity contribution < 1.29 is 0 Å². The zero-order valence-electron chi connectivity index (χ0n) is 13.0. The number of rotatable bonds is 6. The first-order valence-electron chi connectivity index (χ1n) is 8.02. The van der Waals surface area contributed by atoms with E-state index in [1.165, 1.54) is 33.9 Å². The van der Waals surface area contributed by atoms with Crippen molar-refractivity contribution >= 4 is 10.8 Å². The lowest BCUT2D eigenvalue weighted by Crippen LogP contribution is -1.91. The Morgan fingerprint density at radius 1 is 0.773 bits per heavy atom. The van der Waals surface area contributed by atoms with E-state index in [2.05, 4.69) is 73.3 Å². The van der Waals surface area contributed by atoms with Crippen molar-refractivity contribution in [3.8, 4) is 0 Å². The molecule has 3 rings (SSSR count). The van der Waals surface area contributed by atoms with E-state index in [0.29, 0.717) is 0 Å². The summed E-state index contributed by atoms with van der Waals surface area (Å²) in [5, 5.41) is 2.68. The molecule has 0 saturated carbocycles. The van der Waals surface area contributed by atoms with Gasteiger partial charge in [0.25, 0.3) is 0 Å². The first kappa shape index (κ1) is 14.6. The maximum absolute atomic E-state index is 3.78. The fourth-order valence-corrected chi connectivity index (χ4v) is 2.94. The second-order valence-corrected chi connectivity index (χ2v) is 5.81. The minimum Gasteiger partial charge on any atom is -0.103 e. The quantitative estimate of drug-likeness (QED) is 0.388. The molecule has 0 bridgehead atoms. The van der Waals surface area contributed by atoms with Crippen LogP contribution in [0.15, 0.2) is 79.4 Å². The van der Waals surface area contributed by atoms with Gasteiger partial charge in [-0.05, 0) is 53.1 Å². The standard InChI is InChI=1S/C22H22/c1-2-3-4-8-18-13-15-19(16-14-18)17-21-11-7-10-20-9-5-6-12-22(20)21/h2,5-7,9-16H,1,3-4,8,17H2. The average molecular weight is 286 g/mol. The van der Waals surface area contributed by atoms with Crippen LogP contribution in [0.5, 0.6) is 0 Å². The summed E-state index contributed by atoms with van der Waals surface area (Å²) in [7, 11) is 0. The summed E-state index contributed by atoms with van der Waals surface area (Å²) in [6.45, 7) is 3.78. The fraction of sp³-hybridized carbons (Fsp3) is 0.182. The zero-order chi connectivity index (χ0) is 15.2. The average Bonchev–Trinajstić information content (AvgIpc) is 2.57. The molecule has 0 spiro atoms. The van der Waals surface area contributed by atoms with Crippen LogP contribution < -0.4 is 0 Å². The Kier molecular flexibility index (Phi) is 4.70. The molecule has 0 unspecified atom stereocenters. The number of allylic oxidation sites excluding steroid dienone is 1. The van der Waals surface area contributed by atoms with Crippen LogP contribution in [0.4, 0.5) is 0 Å². The lowest BCUT2D eigenvalue weighted by Gasteiger charge is -2.08. The van der Waals surface area contributed by atoms with Crippen LogP contribution in [-0.2, 0) is 12.8 Å². The van der Waals surface area contributed by atoms with Gasteiger partial charge in [-0.3, -0.25) is 0 Å². The van der Waals surface area contributed by atoms with Crippen molar-refractivity contribution in [3.63, 3.8) is 0 Å². The van der Waals surface area contributed by atoms with Crippen LogP contribution in [0.2, 0.25) is 0 Å². The van der Waals surface area contributed by atoms with Gasteiger partial charge in [-0.2, -0.15) is 0 Å². The summed E-state index contributed by atoms with van der Waals surface area (Å²) in [5.41, 5.74) is 4.20. The summed E-state index contributed by atoms with van der Waals surface area (Å²) < 4.78 is 0. The molecule has 0 heteroatoms. The first-order valence-corrected chi connectivity index (χ1v) is 8.02. The fourth-order valence-electron chi connectivity index (χ4n) is 2.94. The third kappa shape index (κ3) is 3.46. The van der Waals surface area contributed by atoms with Crippen molar-refractivity contribution in [3.05, 3.63) is 96.1 Å². The van der Waals surface area contributed by atoms with Gasteiger partial charge in [-0.15, -0.1) is 6.58 Å². The number of fused-ring (bicyclic) bond motifs is 1. The topological polar surface area (TPSA) is 0 Å². The minimum absolute atomic E-state index is 0.994. The van der Waals surface area contributed by atoms with E-state index in [1.807, 2.05) is 6.08 Å². The summed E-state index contributed by atoms with van der Waals surface area (Å²) in [6.07, 6.45) is 6.41. The number of aryl methyl sites for hydroxylation is 1. The Morgan fingerprint density at radius 2 is 1.50 bits per heavy atom. The Labute approximate surface area is 133 Å². The molecule has 3 aromatic carbocycles. The lowest BCUT2D eigenvalue weighted by atomic mass is 9.97. The van der Waals surface area contributed by atoms with Gasteiger partial charge in [-0.1, -0.05) is 72.8 Å². The van der Waals surface area contributed by atoms with Crippen LogP contribution in [0, 0.1) is 0 Å². The van der Waals surface area contributed by atoms with Crippen LogP contribution in [0.3, 0.4) is 0 Å². The molecule has 0 aliphatic carbocycles. The minimum atomic E-state index is 0.994. The van der Waals surface area contributed by atoms with Gasteiger partial charge in [0, 0.05) is 0 Å². The van der Waals surface area contributed by atoms with Gasteiger partial charge in [0.1, 0.15) is 0 Å². The zero-order valence-corrected chi connectivity index (χ0v) is 13.0. The summed E-state index contributed by atoms with van der Waals surface area (Å²) in [4.78, 5) is 0. The van der Waals surface area contributed by atoms with Gasteiger partial charge >= 0.3 is 0 Å². The van der Waals surface area contributed by atoms with Crippen molar-refractivity contribution in [1.82, 2.24) is 0 Å². The molecule has 0 aliphatic rings. The maximum Gasteiger partial charge on any atom is -0.00196 e. The highest BCUT2D eigenvalue weighted by atomic mass is 14.1. The van der Waals surface area contributed by atoms with E-state index in [9.17, 15) is 0 Å². The Morgan fingerprint density at radius 3 is 2.32 bits per heavy atom. The van der Waals surface area contributed by atoms with Crippen molar-refractivity contribution in [2.45, 2.75) is 25.7 Å². The second kappa shape index (κ2) is 7.09. The van der Waals surface area contributed by atoms with Gasteiger partial charge in [-0.25, -0.2) is 0 Å². The molecule has 0 aromatic heterocycles. The maximum atomic E-state index is 3.78. The van der Waals surface area contributed by atoms with E-state index in [-0.39, 0.29) is 0 Å². The van der Waals surface area contributed by atoms with E-state index >= 15 is 0 Å². The molecule has 0 amide bonds. The molecule has 0 nitrogen and oxygen atoms in total. The third-order valence-electron chi connectivity index (χ3n) is 4.17. The predicted octanol–water partition coefficient (Wildman–Crippen LogP) is 5.94. The SMILES string of the molecule is C=CCCCc1ccc(Cc2cccc3ccccc23)cc1. The number of benzene rings is 3. The van der Waals surface area contributed by atoms with Gasteiger partial charge in [0.15, 0.2) is 0 Å². The molecular weight excluding hydrogens is 264 g/mol. The molecule has 3 aromatic rings. The Hall–Kier alpha value is -2.34. The smallest absolute Gasteiger partial charge is 0.00196 e. The lowest BCUT2D eigenvalue weighted by molar-refractivity contribution is 0.843. The summed E-state index contributed by atoms with van der Waals surface area (Å²) >= 11 is 0. The Bertz CT molecular complexity index is 745. The molecule has 0 atom stereocenters. The number of unbranched alkanes of at least 4 members (excludes halogenated alkanes) is 1. The van der Waals surface area contributed by atoms with Gasteiger partial charge < -0.3 is 0 Å². The van der Waals surface area contributed by atoms with E-state index in [0.717, 1.165) is 19.3 Å². The predicted molar refractivity (Wildman–Crippen MR) is 96.3 cm³/mol. The molecule has 0 saturated heterocycles. The monoisotopic (exact) mass is 286 g/mol. The Balaban J connectivity index is 1.76. The highest BCUT2D eigenvalue weighted by Crippen LogP contribution is 2.21. The van der Waals surface area contributed by atoms with E-state index < -0.39 is 0 Å². The van der Waals surface area contributed by atoms with Crippen LogP contribution in [0.1, 0.15) is 29.5 Å². The molecule has 0 heterocycles. The second-order valence-electron chi connectivity index (χ2n) is 5.81. The van der Waals surface area contributed by atoms with Gasteiger partial charge in [0.2, 0.25) is 0 Å². The van der Waals surface area contributed by atoms with Crippen LogP contribution >= 0.6 is 0 Å². The van der Waals surface area contributed by atoms with E-state index in [1.54, 1.807) is 0 Å². The molecule has 110 valence electrons. The normalized spacial score (nSPS) is 10.7. The summed E-state index contributed by atoms with van der Waals surface area (Å²) in [5.74, 6) is 0. The van der Waals surface area contributed by atoms with Crippen LogP contribution in [-0.4, -0.2) is 0 Å². The molecular formula is C22H22. The highest BCUT2D eigenvalue weighted by Gasteiger charge is 2.02. The molecule has 0 fully saturated rings. The number of hydrogen-bond donors (Lipinski definition) is 0. The van der Waals surface area contributed by atoms with E-state index in [4.69, 9.17) is 0 Å². The number of hydrogen-bond acceptors (Lipinski definition) is 0. The van der Waals surface area contributed by atoms with Crippen LogP contribution in [0.25, 0.3) is 10.8 Å².